The molecule has 19 heavy (non-hydrogen) atoms. The van der Waals surface area contributed by atoms with Crippen LogP contribution in [0.4, 0.5) is 5.82 Å². The molecule has 2 unspecified atom stereocenters. The van der Waals surface area contributed by atoms with Gasteiger partial charge in [-0.2, -0.15) is 0 Å². The minimum atomic E-state index is 0.0589. The molecule has 0 aliphatic heterocycles. The number of hydrogen-bond acceptors (Lipinski definition) is 3. The molecular formula is C15H23N3O. The Morgan fingerprint density at radius 3 is 2.95 bits per heavy atom. The van der Waals surface area contributed by atoms with Gasteiger partial charge in [-0.15, -0.1) is 0 Å². The molecule has 0 spiro atoms. The van der Waals surface area contributed by atoms with Gasteiger partial charge in [0.25, 0.3) is 5.56 Å². The van der Waals surface area contributed by atoms with Gasteiger partial charge in [0, 0.05) is 24.5 Å². The second-order valence-electron chi connectivity index (χ2n) is 6.00. The predicted octanol–water partition coefficient (Wildman–Crippen LogP) is 2.96. The SMILES string of the molecule is CCC1CCCC(Nc2nccn(C3CC3)c2=O)C1. The molecule has 2 aliphatic carbocycles. The van der Waals surface area contributed by atoms with E-state index >= 15 is 0 Å². The Morgan fingerprint density at radius 2 is 2.21 bits per heavy atom. The second-order valence-corrected chi connectivity index (χ2v) is 6.00. The molecule has 2 saturated carbocycles. The zero-order valence-corrected chi connectivity index (χ0v) is 11.6. The van der Waals surface area contributed by atoms with E-state index in [1.54, 1.807) is 6.20 Å². The molecule has 1 aromatic rings. The minimum absolute atomic E-state index is 0.0589. The molecule has 3 rings (SSSR count). The summed E-state index contributed by atoms with van der Waals surface area (Å²) in [5.74, 6) is 1.36. The lowest BCUT2D eigenvalue weighted by Gasteiger charge is -2.29. The zero-order valence-electron chi connectivity index (χ0n) is 11.6. The van der Waals surface area contributed by atoms with E-state index in [1.165, 1.54) is 25.7 Å². The van der Waals surface area contributed by atoms with E-state index < -0.39 is 0 Å². The van der Waals surface area contributed by atoms with E-state index in [4.69, 9.17) is 0 Å². The first-order chi connectivity index (χ1) is 9.28. The van der Waals surface area contributed by atoms with Gasteiger partial charge in [0.1, 0.15) is 0 Å². The summed E-state index contributed by atoms with van der Waals surface area (Å²) in [7, 11) is 0. The Labute approximate surface area is 114 Å². The summed E-state index contributed by atoms with van der Waals surface area (Å²) in [6, 6.07) is 0.847. The largest absolute Gasteiger partial charge is 0.363 e. The van der Waals surface area contributed by atoms with Gasteiger partial charge in [-0.1, -0.05) is 26.2 Å². The molecule has 0 amide bonds. The highest BCUT2D eigenvalue weighted by molar-refractivity contribution is 5.32. The van der Waals surface area contributed by atoms with Gasteiger partial charge in [-0.3, -0.25) is 4.79 Å². The summed E-state index contributed by atoms with van der Waals surface area (Å²) in [4.78, 5) is 16.6. The molecule has 4 nitrogen and oxygen atoms in total. The number of anilines is 1. The van der Waals surface area contributed by atoms with Gasteiger partial charge < -0.3 is 9.88 Å². The van der Waals surface area contributed by atoms with Crippen LogP contribution in [-0.4, -0.2) is 15.6 Å². The highest BCUT2D eigenvalue weighted by Crippen LogP contribution is 2.33. The predicted molar refractivity (Wildman–Crippen MR) is 76.4 cm³/mol. The van der Waals surface area contributed by atoms with E-state index in [-0.39, 0.29) is 5.56 Å². The average molecular weight is 261 g/mol. The maximum absolute atomic E-state index is 12.3. The van der Waals surface area contributed by atoms with Crippen LogP contribution in [0.2, 0.25) is 0 Å². The van der Waals surface area contributed by atoms with E-state index in [0.29, 0.717) is 17.9 Å². The van der Waals surface area contributed by atoms with Crippen molar-refractivity contribution in [3.05, 3.63) is 22.7 Å². The molecule has 4 heteroatoms. The molecule has 1 N–H and O–H groups in total. The third-order valence-electron chi connectivity index (χ3n) is 4.51. The maximum atomic E-state index is 12.3. The number of aromatic nitrogens is 2. The third kappa shape index (κ3) is 2.82. The van der Waals surface area contributed by atoms with Crippen molar-refractivity contribution < 1.29 is 0 Å². The lowest BCUT2D eigenvalue weighted by molar-refractivity contribution is 0.327. The molecule has 1 heterocycles. The summed E-state index contributed by atoms with van der Waals surface area (Å²) in [6.45, 7) is 2.26. The van der Waals surface area contributed by atoms with Crippen LogP contribution in [0.1, 0.15) is 57.9 Å². The van der Waals surface area contributed by atoms with Gasteiger partial charge in [0.15, 0.2) is 5.82 Å². The van der Waals surface area contributed by atoms with E-state index in [2.05, 4.69) is 17.2 Å². The lowest BCUT2D eigenvalue weighted by Crippen LogP contribution is -2.32. The van der Waals surface area contributed by atoms with Gasteiger partial charge >= 0.3 is 0 Å². The maximum Gasteiger partial charge on any atom is 0.293 e. The molecule has 0 bridgehead atoms. The van der Waals surface area contributed by atoms with Gasteiger partial charge in [-0.05, 0) is 31.6 Å². The smallest absolute Gasteiger partial charge is 0.293 e. The molecule has 2 fully saturated rings. The second kappa shape index (κ2) is 5.35. The average Bonchev–Trinajstić information content (AvgIpc) is 3.26. The normalized spacial score (nSPS) is 27.2. The summed E-state index contributed by atoms with van der Waals surface area (Å²) in [5, 5.41) is 3.39. The molecular weight excluding hydrogens is 238 g/mol. The Morgan fingerprint density at radius 1 is 1.37 bits per heavy atom. The van der Waals surface area contributed by atoms with Crippen LogP contribution >= 0.6 is 0 Å². The quantitative estimate of drug-likeness (QED) is 0.906. The van der Waals surface area contributed by atoms with Crippen molar-refractivity contribution in [1.29, 1.82) is 0 Å². The van der Waals surface area contributed by atoms with Crippen LogP contribution < -0.4 is 10.9 Å². The molecule has 0 saturated heterocycles. The summed E-state index contributed by atoms with van der Waals surface area (Å²) in [6.07, 6.45) is 12.0. The molecule has 0 radical (unpaired) electrons. The number of hydrogen-bond donors (Lipinski definition) is 1. The van der Waals surface area contributed by atoms with Crippen molar-refractivity contribution in [3.8, 4) is 0 Å². The Balaban J connectivity index is 1.72. The monoisotopic (exact) mass is 261 g/mol. The summed E-state index contributed by atoms with van der Waals surface area (Å²) >= 11 is 0. The summed E-state index contributed by atoms with van der Waals surface area (Å²) < 4.78 is 1.84. The molecule has 2 atom stereocenters. The van der Waals surface area contributed by atoms with Crippen molar-refractivity contribution in [1.82, 2.24) is 9.55 Å². The van der Waals surface area contributed by atoms with E-state index in [0.717, 1.165) is 25.2 Å². The highest BCUT2D eigenvalue weighted by atomic mass is 16.1. The van der Waals surface area contributed by atoms with Crippen LogP contribution in [0.3, 0.4) is 0 Å². The minimum Gasteiger partial charge on any atom is -0.363 e. The van der Waals surface area contributed by atoms with Crippen molar-refractivity contribution in [3.63, 3.8) is 0 Å². The van der Waals surface area contributed by atoms with Crippen molar-refractivity contribution in [2.75, 3.05) is 5.32 Å². The van der Waals surface area contributed by atoms with Crippen molar-refractivity contribution in [2.24, 2.45) is 5.92 Å². The van der Waals surface area contributed by atoms with Gasteiger partial charge in [0.05, 0.1) is 0 Å². The molecule has 0 aromatic carbocycles. The first kappa shape index (κ1) is 12.7. The van der Waals surface area contributed by atoms with Crippen molar-refractivity contribution >= 4 is 5.82 Å². The fourth-order valence-corrected chi connectivity index (χ4v) is 3.15. The van der Waals surface area contributed by atoms with Crippen LogP contribution in [-0.2, 0) is 0 Å². The number of rotatable bonds is 4. The fourth-order valence-electron chi connectivity index (χ4n) is 3.15. The lowest BCUT2D eigenvalue weighted by atomic mass is 9.84. The van der Waals surface area contributed by atoms with Crippen molar-refractivity contribution in [2.45, 2.75) is 64.0 Å². The van der Waals surface area contributed by atoms with Crippen LogP contribution in [0.15, 0.2) is 17.2 Å². The van der Waals surface area contributed by atoms with Crippen LogP contribution in [0.5, 0.6) is 0 Å². The molecule has 104 valence electrons. The third-order valence-corrected chi connectivity index (χ3v) is 4.51. The van der Waals surface area contributed by atoms with Gasteiger partial charge in [0.2, 0.25) is 0 Å². The first-order valence-electron chi connectivity index (χ1n) is 7.61. The highest BCUT2D eigenvalue weighted by Gasteiger charge is 2.26. The Hall–Kier alpha value is -1.32. The zero-order chi connectivity index (χ0) is 13.2. The molecule has 1 aromatic heterocycles. The number of nitrogens with zero attached hydrogens (tertiary/aromatic N) is 2. The molecule has 2 aliphatic rings. The summed E-state index contributed by atoms with van der Waals surface area (Å²) in [5.41, 5.74) is 0.0589. The van der Waals surface area contributed by atoms with Crippen LogP contribution in [0, 0.1) is 5.92 Å². The number of nitrogens with one attached hydrogen (secondary N) is 1. The standard InChI is InChI=1S/C15H23N3O/c1-2-11-4-3-5-12(10-11)17-14-15(19)18(9-8-16-14)13-6-7-13/h8-9,11-13H,2-7,10H2,1H3,(H,16,17). The van der Waals surface area contributed by atoms with E-state index in [9.17, 15) is 4.79 Å². The van der Waals surface area contributed by atoms with E-state index in [1.807, 2.05) is 10.8 Å². The van der Waals surface area contributed by atoms with Gasteiger partial charge in [-0.25, -0.2) is 4.98 Å². The fraction of sp³-hybridized carbons (Fsp3) is 0.733. The topological polar surface area (TPSA) is 46.9 Å². The first-order valence-corrected chi connectivity index (χ1v) is 7.61. The Kier molecular flexibility index (Phi) is 3.58. The Bertz CT molecular complexity index is 492. The van der Waals surface area contributed by atoms with Crippen LogP contribution in [0.25, 0.3) is 0 Å².